The number of aryl methyl sites for hydroxylation is 2. The Morgan fingerprint density at radius 3 is 0.875 bits per heavy atom. The van der Waals surface area contributed by atoms with Crippen molar-refractivity contribution in [2.75, 3.05) is 0 Å². The van der Waals surface area contributed by atoms with Gasteiger partial charge in [-0.1, -0.05) is 12.1 Å². The van der Waals surface area contributed by atoms with Gasteiger partial charge < -0.3 is 34.0 Å². The van der Waals surface area contributed by atoms with Crippen LogP contribution in [0.25, 0.3) is 0 Å². The zero-order valence-corrected chi connectivity index (χ0v) is 12.6. The molecule has 0 amide bonds. The van der Waals surface area contributed by atoms with Crippen LogP contribution in [0.3, 0.4) is 0 Å². The summed E-state index contributed by atoms with van der Waals surface area (Å²) in [7, 11) is 4.00. The summed E-state index contributed by atoms with van der Waals surface area (Å²) in [5, 5.41) is 0. The predicted octanol–water partition coefficient (Wildman–Crippen LogP) is -4.97. The molecule has 2 aromatic rings. The second kappa shape index (κ2) is 10.8. The maximum Gasteiger partial charge on any atom is 0.168 e. The molecule has 4 heteroatoms. The van der Waals surface area contributed by atoms with E-state index in [4.69, 9.17) is 0 Å². The van der Waals surface area contributed by atoms with Crippen LogP contribution in [-0.2, 0) is 14.1 Å². The van der Waals surface area contributed by atoms with Gasteiger partial charge in [0, 0.05) is 24.3 Å². The van der Waals surface area contributed by atoms with E-state index < -0.39 is 0 Å². The van der Waals surface area contributed by atoms with E-state index in [9.17, 15) is 0 Å². The lowest BCUT2D eigenvalue weighted by molar-refractivity contribution is -0.671. The van der Waals surface area contributed by atoms with Crippen molar-refractivity contribution in [1.29, 1.82) is 0 Å². The van der Waals surface area contributed by atoms with Crippen LogP contribution in [0.2, 0.25) is 0 Å². The van der Waals surface area contributed by atoms with Crippen LogP contribution in [0.5, 0.6) is 0 Å². The Balaban J connectivity index is 0. The summed E-state index contributed by atoms with van der Waals surface area (Å²) in [5.41, 5.74) is 0. The van der Waals surface area contributed by atoms with Gasteiger partial charge in [-0.2, -0.15) is 0 Å². The third-order valence-electron chi connectivity index (χ3n) is 1.73. The number of halogens is 2. The van der Waals surface area contributed by atoms with Gasteiger partial charge in [0.15, 0.2) is 24.8 Å². The van der Waals surface area contributed by atoms with Crippen LogP contribution in [-0.4, -0.2) is 0 Å². The van der Waals surface area contributed by atoms with Gasteiger partial charge >= 0.3 is 0 Å². The van der Waals surface area contributed by atoms with Gasteiger partial charge in [0.25, 0.3) is 0 Å². The van der Waals surface area contributed by atoms with E-state index in [1.807, 2.05) is 84.4 Å². The summed E-state index contributed by atoms with van der Waals surface area (Å²) in [6.45, 7) is 0. The molecular weight excluding hydrogens is 332 g/mol. The molecule has 0 saturated carbocycles. The highest BCUT2D eigenvalue weighted by molar-refractivity contribution is 4.83. The molecule has 0 atom stereocenters. The zero-order valence-electron chi connectivity index (χ0n) is 9.42. The Labute approximate surface area is 118 Å². The zero-order chi connectivity index (χ0) is 10.2. The number of pyridine rings is 2. The molecule has 0 fully saturated rings. The maximum absolute atomic E-state index is 2.00. The Morgan fingerprint density at radius 2 is 0.750 bits per heavy atom. The summed E-state index contributed by atoms with van der Waals surface area (Å²) in [6.07, 6.45) is 8.00. The average Bonchev–Trinajstić information content (AvgIpc) is 2.21. The minimum absolute atomic E-state index is 0. The largest absolute Gasteiger partial charge is 1.00 e. The fourth-order valence-corrected chi connectivity index (χ4v) is 0.969. The SMILES string of the molecule is C[n+]1ccccc1.C[n+]1ccccc1.[Br-].[Br-]. The third kappa shape index (κ3) is 8.56. The molecule has 0 bridgehead atoms. The number of aromatic nitrogens is 2. The van der Waals surface area contributed by atoms with E-state index in [-0.39, 0.29) is 34.0 Å². The topological polar surface area (TPSA) is 7.76 Å². The van der Waals surface area contributed by atoms with E-state index in [0.29, 0.717) is 0 Å². The molecule has 0 unspecified atom stereocenters. The van der Waals surface area contributed by atoms with Crippen molar-refractivity contribution in [2.45, 2.75) is 0 Å². The third-order valence-corrected chi connectivity index (χ3v) is 1.73. The van der Waals surface area contributed by atoms with Crippen molar-refractivity contribution in [3.8, 4) is 0 Å². The summed E-state index contributed by atoms with van der Waals surface area (Å²) >= 11 is 0. The van der Waals surface area contributed by atoms with Gasteiger partial charge in [-0.25, -0.2) is 9.13 Å². The minimum atomic E-state index is 0. The highest BCUT2D eigenvalue weighted by atomic mass is 79.9. The van der Waals surface area contributed by atoms with Gasteiger partial charge in [0.05, 0.1) is 0 Å². The first-order valence-corrected chi connectivity index (χ1v) is 4.59. The van der Waals surface area contributed by atoms with E-state index in [2.05, 4.69) is 0 Å². The molecule has 0 aromatic carbocycles. The number of hydrogen-bond donors (Lipinski definition) is 0. The molecule has 2 heterocycles. The first kappa shape index (κ1) is 17.6. The van der Waals surface area contributed by atoms with E-state index in [1.54, 1.807) is 0 Å². The molecule has 2 rings (SSSR count). The molecule has 0 aliphatic carbocycles. The van der Waals surface area contributed by atoms with E-state index in [0.717, 1.165) is 0 Å². The summed E-state index contributed by atoms with van der Waals surface area (Å²) in [5.74, 6) is 0. The van der Waals surface area contributed by atoms with Crippen LogP contribution in [0.15, 0.2) is 61.2 Å². The standard InChI is InChI=1S/2C6H8N.2BrH/c2*1-7-5-3-2-4-6-7;;/h2*2-6H,1H3;2*1H/q2*+1;;/p-2. The van der Waals surface area contributed by atoms with Crippen molar-refractivity contribution in [1.82, 2.24) is 0 Å². The van der Waals surface area contributed by atoms with Crippen molar-refractivity contribution in [3.05, 3.63) is 61.2 Å². The lowest BCUT2D eigenvalue weighted by atomic mass is 10.5. The fourth-order valence-electron chi connectivity index (χ4n) is 0.969. The summed E-state index contributed by atoms with van der Waals surface area (Å²) < 4.78 is 4.00. The van der Waals surface area contributed by atoms with Gasteiger partial charge in [-0.3, -0.25) is 0 Å². The quantitative estimate of drug-likeness (QED) is 0.422. The minimum Gasteiger partial charge on any atom is -1.00 e. The van der Waals surface area contributed by atoms with E-state index in [1.165, 1.54) is 0 Å². The first-order valence-electron chi connectivity index (χ1n) is 4.59. The molecule has 0 saturated heterocycles. The Morgan fingerprint density at radius 1 is 0.500 bits per heavy atom. The normalized spacial score (nSPS) is 7.62. The van der Waals surface area contributed by atoms with Crippen molar-refractivity contribution < 1.29 is 43.1 Å². The molecule has 16 heavy (non-hydrogen) atoms. The van der Waals surface area contributed by atoms with Crippen molar-refractivity contribution in [2.24, 2.45) is 14.1 Å². The van der Waals surface area contributed by atoms with Gasteiger partial charge in [-0.15, -0.1) is 0 Å². The molecule has 88 valence electrons. The van der Waals surface area contributed by atoms with Crippen LogP contribution >= 0.6 is 0 Å². The number of hydrogen-bond acceptors (Lipinski definition) is 0. The predicted molar refractivity (Wildman–Crippen MR) is 55.2 cm³/mol. The highest BCUT2D eigenvalue weighted by Crippen LogP contribution is 1.72. The van der Waals surface area contributed by atoms with Gasteiger partial charge in [0.1, 0.15) is 14.1 Å². The van der Waals surface area contributed by atoms with Crippen LogP contribution in [0.4, 0.5) is 0 Å². The highest BCUT2D eigenvalue weighted by Gasteiger charge is 1.79. The van der Waals surface area contributed by atoms with Crippen molar-refractivity contribution in [3.63, 3.8) is 0 Å². The Bertz CT molecular complexity index is 314. The van der Waals surface area contributed by atoms with Crippen LogP contribution in [0.1, 0.15) is 0 Å². The van der Waals surface area contributed by atoms with Crippen LogP contribution in [0, 0.1) is 0 Å². The molecular formula is C12H16Br2N2. The van der Waals surface area contributed by atoms with Crippen LogP contribution < -0.4 is 43.1 Å². The monoisotopic (exact) mass is 346 g/mol. The second-order valence-electron chi connectivity index (χ2n) is 3.08. The summed E-state index contributed by atoms with van der Waals surface area (Å²) in [4.78, 5) is 0. The Kier molecular flexibility index (Phi) is 11.9. The van der Waals surface area contributed by atoms with Gasteiger partial charge in [-0.05, 0) is 0 Å². The molecule has 0 radical (unpaired) electrons. The Hall–Kier alpha value is -0.740. The maximum atomic E-state index is 2.00. The number of rotatable bonds is 0. The fraction of sp³-hybridized carbons (Fsp3) is 0.167. The molecule has 0 aliphatic rings. The number of nitrogens with zero attached hydrogens (tertiary/aromatic N) is 2. The molecule has 2 aromatic heterocycles. The van der Waals surface area contributed by atoms with E-state index >= 15 is 0 Å². The molecule has 0 N–H and O–H groups in total. The van der Waals surface area contributed by atoms with Gasteiger partial charge in [0.2, 0.25) is 0 Å². The molecule has 0 aliphatic heterocycles. The average molecular weight is 348 g/mol. The summed E-state index contributed by atoms with van der Waals surface area (Å²) in [6, 6.07) is 12.0. The second-order valence-corrected chi connectivity index (χ2v) is 3.08. The first-order chi connectivity index (χ1) is 6.79. The molecule has 0 spiro atoms. The lowest BCUT2D eigenvalue weighted by Crippen LogP contribution is -3.00. The van der Waals surface area contributed by atoms with Crippen molar-refractivity contribution >= 4 is 0 Å². The molecule has 2 nitrogen and oxygen atoms in total. The lowest BCUT2D eigenvalue weighted by Gasteiger charge is -1.77. The smallest absolute Gasteiger partial charge is 0.168 e.